The third-order valence-corrected chi connectivity index (χ3v) is 2.28. The average Bonchev–Trinajstić information content (AvgIpc) is 2.36. The molecule has 0 aliphatic rings. The van der Waals surface area contributed by atoms with Crippen molar-refractivity contribution in [1.29, 1.82) is 0 Å². The number of methoxy groups -OCH3 is 1. The fourth-order valence-corrected chi connectivity index (χ4v) is 1.38. The minimum atomic E-state index is -0.365. The number of hydrogen-bond acceptors (Lipinski definition) is 2. The molecule has 0 radical (unpaired) electrons. The summed E-state index contributed by atoms with van der Waals surface area (Å²) in [5.74, 6) is -0.663. The lowest BCUT2D eigenvalue weighted by atomic mass is 10.1. The fourth-order valence-electron chi connectivity index (χ4n) is 1.38. The van der Waals surface area contributed by atoms with Crippen LogP contribution >= 0.6 is 0 Å². The Morgan fingerprint density at radius 2 is 2.06 bits per heavy atom. The van der Waals surface area contributed by atoms with Crippen molar-refractivity contribution in [2.24, 2.45) is 0 Å². The van der Waals surface area contributed by atoms with Gasteiger partial charge in [0.05, 0.1) is 7.11 Å². The van der Waals surface area contributed by atoms with Crippen LogP contribution in [-0.4, -0.2) is 13.1 Å². The first-order valence-corrected chi connectivity index (χ1v) is 5.32. The van der Waals surface area contributed by atoms with Gasteiger partial charge in [-0.1, -0.05) is 18.2 Å². The van der Waals surface area contributed by atoms with E-state index in [2.05, 4.69) is 11.3 Å². The molecule has 0 saturated heterocycles. The molecular formula is C14H15FO2. The molecule has 1 aromatic rings. The molecule has 0 fully saturated rings. The van der Waals surface area contributed by atoms with Gasteiger partial charge in [0.15, 0.2) is 0 Å². The molecule has 0 spiro atoms. The number of carbonyl (C=O) groups excluding carboxylic acids is 1. The summed E-state index contributed by atoms with van der Waals surface area (Å²) in [5, 5.41) is 0. The van der Waals surface area contributed by atoms with E-state index in [1.165, 1.54) is 19.2 Å². The molecule has 2 nitrogen and oxygen atoms in total. The summed E-state index contributed by atoms with van der Waals surface area (Å²) in [6.45, 7) is 3.61. The van der Waals surface area contributed by atoms with E-state index >= 15 is 0 Å². The van der Waals surface area contributed by atoms with Crippen molar-refractivity contribution < 1.29 is 13.9 Å². The van der Waals surface area contributed by atoms with Gasteiger partial charge in [0, 0.05) is 5.57 Å². The Hall–Kier alpha value is -1.90. The van der Waals surface area contributed by atoms with E-state index in [0.29, 0.717) is 18.4 Å². The molecule has 3 heteroatoms. The van der Waals surface area contributed by atoms with E-state index < -0.39 is 0 Å². The fraction of sp³-hybridized carbons (Fsp3) is 0.214. The molecule has 0 amide bonds. The first-order chi connectivity index (χ1) is 8.17. The predicted octanol–water partition coefficient (Wildman–Crippen LogP) is 3.35. The van der Waals surface area contributed by atoms with Crippen molar-refractivity contribution in [3.8, 4) is 0 Å². The Kier molecular flexibility index (Phi) is 5.14. The lowest BCUT2D eigenvalue weighted by Gasteiger charge is -2.04. The Labute approximate surface area is 100 Å². The molecule has 0 aliphatic carbocycles. The van der Waals surface area contributed by atoms with Gasteiger partial charge in [-0.05, 0) is 36.6 Å². The van der Waals surface area contributed by atoms with E-state index in [4.69, 9.17) is 0 Å². The van der Waals surface area contributed by atoms with Crippen LogP contribution in [-0.2, 0) is 9.53 Å². The second-order valence-electron chi connectivity index (χ2n) is 3.54. The van der Waals surface area contributed by atoms with Gasteiger partial charge in [-0.15, -0.1) is 6.58 Å². The highest BCUT2D eigenvalue weighted by atomic mass is 19.1. The van der Waals surface area contributed by atoms with Crippen LogP contribution in [0.15, 0.2) is 42.5 Å². The van der Waals surface area contributed by atoms with Gasteiger partial charge in [0.1, 0.15) is 5.82 Å². The van der Waals surface area contributed by atoms with Crippen molar-refractivity contribution in [3.05, 3.63) is 53.9 Å². The van der Waals surface area contributed by atoms with Gasteiger partial charge in [0.2, 0.25) is 0 Å². The molecular weight excluding hydrogens is 219 g/mol. The zero-order valence-electron chi connectivity index (χ0n) is 9.78. The number of allylic oxidation sites excluding steroid dienone is 1. The molecule has 1 aromatic carbocycles. The van der Waals surface area contributed by atoms with E-state index in [-0.39, 0.29) is 11.8 Å². The molecule has 1 rings (SSSR count). The molecule has 0 atom stereocenters. The zero-order chi connectivity index (χ0) is 12.7. The average molecular weight is 234 g/mol. The molecule has 0 aliphatic heterocycles. The summed E-state index contributed by atoms with van der Waals surface area (Å²) in [4.78, 5) is 11.5. The minimum absolute atomic E-state index is 0.298. The maximum absolute atomic E-state index is 12.7. The number of benzene rings is 1. The van der Waals surface area contributed by atoms with E-state index in [0.717, 1.165) is 5.56 Å². The molecule has 0 N–H and O–H groups in total. The molecule has 0 bridgehead atoms. The molecule has 0 saturated carbocycles. The number of ether oxygens (including phenoxy) is 1. The van der Waals surface area contributed by atoms with Crippen LogP contribution in [0.2, 0.25) is 0 Å². The highest BCUT2D eigenvalue weighted by molar-refractivity contribution is 5.93. The van der Waals surface area contributed by atoms with Gasteiger partial charge in [0.25, 0.3) is 0 Å². The summed E-state index contributed by atoms with van der Waals surface area (Å²) in [7, 11) is 1.34. The van der Waals surface area contributed by atoms with E-state index in [1.54, 1.807) is 24.3 Å². The van der Waals surface area contributed by atoms with Crippen LogP contribution < -0.4 is 0 Å². The minimum Gasteiger partial charge on any atom is -0.466 e. The van der Waals surface area contributed by atoms with Crippen LogP contribution in [0.25, 0.3) is 6.08 Å². The maximum atomic E-state index is 12.7. The first-order valence-electron chi connectivity index (χ1n) is 5.32. The summed E-state index contributed by atoms with van der Waals surface area (Å²) in [5.41, 5.74) is 1.33. The smallest absolute Gasteiger partial charge is 0.333 e. The standard InChI is InChI=1S/C14H15FO2/c1-3-4-5-12(14(16)17-2)10-11-6-8-13(15)9-7-11/h3,6-10H,1,4-5H2,2H3/b12-10+. The zero-order valence-corrected chi connectivity index (χ0v) is 9.78. The number of halogens is 1. The number of hydrogen-bond donors (Lipinski definition) is 0. The van der Waals surface area contributed by atoms with Crippen LogP contribution in [0.3, 0.4) is 0 Å². The van der Waals surface area contributed by atoms with Gasteiger partial charge < -0.3 is 4.74 Å². The molecule has 17 heavy (non-hydrogen) atoms. The largest absolute Gasteiger partial charge is 0.466 e. The summed E-state index contributed by atoms with van der Waals surface area (Å²) >= 11 is 0. The van der Waals surface area contributed by atoms with Gasteiger partial charge in [-0.25, -0.2) is 9.18 Å². The Balaban J connectivity index is 2.91. The van der Waals surface area contributed by atoms with Crippen molar-refractivity contribution in [1.82, 2.24) is 0 Å². The van der Waals surface area contributed by atoms with E-state index in [1.807, 2.05) is 0 Å². The van der Waals surface area contributed by atoms with Crippen LogP contribution in [0.5, 0.6) is 0 Å². The highest BCUT2D eigenvalue weighted by Gasteiger charge is 2.08. The Morgan fingerprint density at radius 1 is 1.41 bits per heavy atom. The first kappa shape index (κ1) is 13.2. The second-order valence-corrected chi connectivity index (χ2v) is 3.54. The van der Waals surface area contributed by atoms with Crippen molar-refractivity contribution in [2.75, 3.05) is 7.11 Å². The number of esters is 1. The Morgan fingerprint density at radius 3 is 2.59 bits per heavy atom. The predicted molar refractivity (Wildman–Crippen MR) is 65.8 cm³/mol. The van der Waals surface area contributed by atoms with Crippen molar-refractivity contribution in [2.45, 2.75) is 12.8 Å². The van der Waals surface area contributed by atoms with Crippen molar-refractivity contribution >= 4 is 12.0 Å². The lowest BCUT2D eigenvalue weighted by Crippen LogP contribution is -2.04. The third-order valence-electron chi connectivity index (χ3n) is 2.28. The third kappa shape index (κ3) is 4.23. The molecule has 0 unspecified atom stereocenters. The molecule has 90 valence electrons. The summed E-state index contributed by atoms with van der Waals surface area (Å²) in [6.07, 6.45) is 4.70. The topological polar surface area (TPSA) is 26.3 Å². The Bertz CT molecular complexity index is 418. The summed E-state index contributed by atoms with van der Waals surface area (Å²) in [6, 6.07) is 5.95. The highest BCUT2D eigenvalue weighted by Crippen LogP contribution is 2.14. The van der Waals surface area contributed by atoms with Crippen molar-refractivity contribution in [3.63, 3.8) is 0 Å². The summed E-state index contributed by atoms with van der Waals surface area (Å²) < 4.78 is 17.4. The van der Waals surface area contributed by atoms with Gasteiger partial charge >= 0.3 is 5.97 Å². The van der Waals surface area contributed by atoms with E-state index in [9.17, 15) is 9.18 Å². The SMILES string of the molecule is C=CCC/C(=C\c1ccc(F)cc1)C(=O)OC. The van der Waals surface area contributed by atoms with Crippen LogP contribution in [0.1, 0.15) is 18.4 Å². The quantitative estimate of drug-likeness (QED) is 0.443. The number of rotatable bonds is 5. The normalized spacial score (nSPS) is 11.1. The second kappa shape index (κ2) is 6.63. The monoisotopic (exact) mass is 234 g/mol. The lowest BCUT2D eigenvalue weighted by molar-refractivity contribution is -0.136. The van der Waals surface area contributed by atoms with Gasteiger partial charge in [-0.3, -0.25) is 0 Å². The van der Waals surface area contributed by atoms with Gasteiger partial charge in [-0.2, -0.15) is 0 Å². The maximum Gasteiger partial charge on any atom is 0.333 e. The number of carbonyl (C=O) groups is 1. The van der Waals surface area contributed by atoms with Crippen LogP contribution in [0.4, 0.5) is 4.39 Å². The molecule has 0 heterocycles. The van der Waals surface area contributed by atoms with Crippen LogP contribution in [0, 0.1) is 5.82 Å². The molecule has 0 aromatic heterocycles.